The molecule has 1 aromatic rings. The van der Waals surface area contributed by atoms with Gasteiger partial charge in [0, 0.05) is 11.8 Å². The van der Waals surface area contributed by atoms with Crippen molar-refractivity contribution in [1.29, 1.82) is 0 Å². The van der Waals surface area contributed by atoms with Crippen LogP contribution in [0.2, 0.25) is 0 Å². The van der Waals surface area contributed by atoms with Crippen LogP contribution in [0.3, 0.4) is 0 Å². The molecule has 148 valence electrons. The number of nitrogens with one attached hydrogen (secondary N) is 1. The van der Waals surface area contributed by atoms with E-state index in [2.05, 4.69) is 8.83 Å². The van der Waals surface area contributed by atoms with E-state index in [1.807, 2.05) is 4.98 Å². The van der Waals surface area contributed by atoms with Crippen molar-refractivity contribution >= 4 is 15.6 Å². The molecule has 0 aliphatic carbocycles. The lowest BCUT2D eigenvalue weighted by Crippen LogP contribution is -2.38. The average molecular weight is 418 g/mol. The Morgan fingerprint density at radius 1 is 1.23 bits per heavy atom. The predicted molar refractivity (Wildman–Crippen MR) is 80.9 cm³/mol. The van der Waals surface area contributed by atoms with Crippen molar-refractivity contribution in [2.24, 2.45) is 0 Å². The largest absolute Gasteiger partial charge is 0.481 e. The lowest BCUT2D eigenvalue weighted by molar-refractivity contribution is -0.0543. The van der Waals surface area contributed by atoms with Gasteiger partial charge >= 0.3 is 21.3 Å². The maximum Gasteiger partial charge on any atom is 0.481 e. The van der Waals surface area contributed by atoms with Crippen LogP contribution >= 0.6 is 15.6 Å². The Kier molecular flexibility index (Phi) is 6.05. The van der Waals surface area contributed by atoms with Gasteiger partial charge in [-0.1, -0.05) is 0 Å². The molecule has 14 nitrogen and oxygen atoms in total. The minimum atomic E-state index is -5.32. The number of H-pyrrole nitrogens is 1. The third kappa shape index (κ3) is 4.96. The van der Waals surface area contributed by atoms with Crippen molar-refractivity contribution in [2.45, 2.75) is 31.5 Å². The van der Waals surface area contributed by atoms with E-state index in [0.29, 0.717) is 0 Å². The first-order valence-corrected chi connectivity index (χ1v) is 9.91. The number of aliphatic hydroxyl groups excluding tert-OH is 2. The molecule has 0 saturated carbocycles. The van der Waals surface area contributed by atoms with Gasteiger partial charge in [0.05, 0.1) is 6.61 Å². The number of ether oxygens (including phenoxy) is 1. The summed E-state index contributed by atoms with van der Waals surface area (Å²) in [5.41, 5.74) is -1.48. The van der Waals surface area contributed by atoms with Gasteiger partial charge in [-0.2, -0.15) is 4.31 Å². The zero-order valence-corrected chi connectivity index (χ0v) is 14.8. The van der Waals surface area contributed by atoms with Gasteiger partial charge in [-0.3, -0.25) is 18.9 Å². The zero-order chi connectivity index (χ0) is 19.9. The number of rotatable bonds is 6. The van der Waals surface area contributed by atoms with Gasteiger partial charge in [0.15, 0.2) is 6.23 Å². The fourth-order valence-electron chi connectivity index (χ4n) is 2.20. The lowest BCUT2D eigenvalue weighted by atomic mass is 10.1. The van der Waals surface area contributed by atoms with Crippen molar-refractivity contribution in [3.8, 4) is 0 Å². The summed E-state index contributed by atoms with van der Waals surface area (Å²) in [6.45, 7) is 0.480. The maximum atomic E-state index is 11.8. The van der Waals surface area contributed by atoms with Crippen LogP contribution in [0.25, 0.3) is 0 Å². The molecule has 5 atom stereocenters. The van der Waals surface area contributed by atoms with Crippen LogP contribution in [0.15, 0.2) is 15.8 Å². The number of aromatic amines is 1. The molecule has 2 unspecified atom stereocenters. The molecule has 1 saturated heterocycles. The van der Waals surface area contributed by atoms with E-state index < -0.39 is 58.0 Å². The Balaban J connectivity index is 2.14. The van der Waals surface area contributed by atoms with Crippen molar-refractivity contribution in [3.63, 3.8) is 0 Å². The highest BCUT2D eigenvalue weighted by atomic mass is 31.3. The molecule has 1 aliphatic heterocycles. The van der Waals surface area contributed by atoms with Gasteiger partial charge in [0.1, 0.15) is 18.3 Å². The Morgan fingerprint density at radius 2 is 1.85 bits per heavy atom. The number of hydrogen-bond acceptors (Lipinski definition) is 9. The molecule has 0 aromatic carbocycles. The normalized spacial score (nSPS) is 28.8. The predicted octanol–water partition coefficient (Wildman–Crippen LogP) is -2.31. The van der Waals surface area contributed by atoms with Gasteiger partial charge in [-0.15, -0.1) is 0 Å². The molecule has 2 heterocycles. The first kappa shape index (κ1) is 21.1. The molecule has 0 spiro atoms. The first-order valence-electron chi connectivity index (χ1n) is 6.88. The van der Waals surface area contributed by atoms with E-state index in [0.717, 1.165) is 10.8 Å². The van der Waals surface area contributed by atoms with Crippen LogP contribution in [0, 0.1) is 6.92 Å². The van der Waals surface area contributed by atoms with Gasteiger partial charge in [0.25, 0.3) is 5.56 Å². The van der Waals surface area contributed by atoms with E-state index in [1.54, 1.807) is 0 Å². The van der Waals surface area contributed by atoms with Gasteiger partial charge < -0.3 is 29.6 Å². The van der Waals surface area contributed by atoms with E-state index >= 15 is 0 Å². The Hall–Kier alpha value is -1.18. The number of hydrogen-bond donors (Lipinski definition) is 6. The monoisotopic (exact) mass is 418 g/mol. The van der Waals surface area contributed by atoms with Crippen molar-refractivity contribution in [2.75, 3.05) is 6.61 Å². The zero-order valence-electron chi connectivity index (χ0n) is 13.0. The van der Waals surface area contributed by atoms with E-state index in [1.165, 1.54) is 6.92 Å². The number of aliphatic hydroxyl groups is 2. The first-order chi connectivity index (χ1) is 11.8. The Bertz CT molecular complexity index is 873. The number of nitrogens with zero attached hydrogens (tertiary/aromatic N) is 1. The van der Waals surface area contributed by atoms with E-state index in [9.17, 15) is 33.8 Å². The fourth-order valence-corrected chi connectivity index (χ4v) is 3.80. The molecule has 0 radical (unpaired) electrons. The molecule has 1 aromatic heterocycles. The number of phosphoric ester groups is 1. The van der Waals surface area contributed by atoms with Crippen LogP contribution < -0.4 is 11.2 Å². The highest BCUT2D eigenvalue weighted by Gasteiger charge is 2.45. The quantitative estimate of drug-likeness (QED) is 0.269. The molecule has 0 amide bonds. The molecule has 2 rings (SSSR count). The molecule has 1 aliphatic rings. The molecular formula is C10H16N2O12P2. The van der Waals surface area contributed by atoms with E-state index in [4.69, 9.17) is 14.5 Å². The summed E-state index contributed by atoms with van der Waals surface area (Å²) in [7, 11) is -10.5. The minimum Gasteiger partial charge on any atom is -0.387 e. The topological polar surface area (TPSA) is 218 Å². The number of aryl methyl sites for hydroxylation is 1. The fraction of sp³-hybridized carbons (Fsp3) is 0.600. The summed E-state index contributed by atoms with van der Waals surface area (Å²) in [5.74, 6) is 0. The second-order valence-corrected chi connectivity index (χ2v) is 8.19. The molecule has 16 heteroatoms. The molecule has 26 heavy (non-hydrogen) atoms. The maximum absolute atomic E-state index is 11.8. The standard InChI is InChI=1S/C10H16N2O12P2/c1-4-2-12(10(16)11-8(4)15)9-7(14)6(13)5(23-9)3-22-26(20,21)24-25(17,18)19/h2,5-7,9,13-14H,3H2,1H3,(H,20,21)(H,11,15,16)(H2,17,18,19)/t5-,6+,7?,9-/m1/s1. The van der Waals surface area contributed by atoms with Crippen molar-refractivity contribution < 1.29 is 47.6 Å². The summed E-state index contributed by atoms with van der Waals surface area (Å²) < 4.78 is 35.8. The van der Waals surface area contributed by atoms with Crippen LogP contribution in [-0.2, 0) is 22.7 Å². The molecule has 6 N–H and O–H groups in total. The summed E-state index contributed by atoms with van der Waals surface area (Å²) in [4.78, 5) is 51.3. The smallest absolute Gasteiger partial charge is 0.387 e. The van der Waals surface area contributed by atoms with Crippen LogP contribution in [-0.4, -0.2) is 59.4 Å². The molecule has 0 bridgehead atoms. The summed E-state index contributed by atoms with van der Waals surface area (Å²) >= 11 is 0. The Labute approximate surface area is 144 Å². The Morgan fingerprint density at radius 3 is 2.42 bits per heavy atom. The molecule has 1 fully saturated rings. The second kappa shape index (κ2) is 7.44. The summed E-state index contributed by atoms with van der Waals surface area (Å²) in [6, 6.07) is 0. The third-order valence-corrected chi connectivity index (χ3v) is 5.52. The lowest BCUT2D eigenvalue weighted by Gasteiger charge is -2.18. The van der Waals surface area contributed by atoms with Gasteiger partial charge in [-0.05, 0) is 6.92 Å². The van der Waals surface area contributed by atoms with Crippen molar-refractivity contribution in [1.82, 2.24) is 9.55 Å². The third-order valence-electron chi connectivity index (χ3n) is 3.37. The summed E-state index contributed by atoms with van der Waals surface area (Å²) in [6.07, 6.45) is -5.18. The SMILES string of the molecule is Cc1cn([C@@H]2O[C@H](COP(=O)(O)OP(=O)(O)O)[C@H](O)C2O)c(=O)[nH]c1=O. The number of aromatic nitrogens is 2. The highest BCUT2D eigenvalue weighted by molar-refractivity contribution is 7.60. The van der Waals surface area contributed by atoms with Gasteiger partial charge in [0.2, 0.25) is 0 Å². The molecular weight excluding hydrogens is 402 g/mol. The summed E-state index contributed by atoms with van der Waals surface area (Å²) in [5, 5.41) is 19.9. The van der Waals surface area contributed by atoms with Crippen LogP contribution in [0.1, 0.15) is 11.8 Å². The average Bonchev–Trinajstić information content (AvgIpc) is 2.75. The second-order valence-electron chi connectivity index (χ2n) is 5.36. The minimum absolute atomic E-state index is 0.115. The highest BCUT2D eigenvalue weighted by Crippen LogP contribution is 2.57. The van der Waals surface area contributed by atoms with Crippen LogP contribution in [0.5, 0.6) is 0 Å². The van der Waals surface area contributed by atoms with Crippen molar-refractivity contribution in [3.05, 3.63) is 32.6 Å². The number of phosphoric acid groups is 2. The van der Waals surface area contributed by atoms with Gasteiger partial charge in [-0.25, -0.2) is 13.9 Å². The van der Waals surface area contributed by atoms with Crippen LogP contribution in [0.4, 0.5) is 0 Å². The van der Waals surface area contributed by atoms with E-state index in [-0.39, 0.29) is 5.56 Å².